The second-order valence-corrected chi connectivity index (χ2v) is 9.57. The van der Waals surface area contributed by atoms with Crippen LogP contribution in [-0.4, -0.2) is 26.8 Å². The maximum absolute atomic E-state index is 13.2. The molecule has 36 heavy (non-hydrogen) atoms. The van der Waals surface area contributed by atoms with Crippen molar-refractivity contribution >= 4 is 34.2 Å². The summed E-state index contributed by atoms with van der Waals surface area (Å²) in [4.78, 5) is 28.6. The molecule has 1 amide bonds. The number of benzene rings is 2. The van der Waals surface area contributed by atoms with Crippen LogP contribution in [0.15, 0.2) is 75.2 Å². The predicted molar refractivity (Wildman–Crippen MR) is 138 cm³/mol. The number of hydrazone groups is 1. The number of hydrogen-bond acceptors (Lipinski definition) is 8. The second kappa shape index (κ2) is 10.4. The van der Waals surface area contributed by atoms with Crippen molar-refractivity contribution in [2.24, 2.45) is 10.1 Å². The fraction of sp³-hybridized carbons (Fsp3) is 0.269. The summed E-state index contributed by atoms with van der Waals surface area (Å²) in [5.41, 5.74) is 1.14. The van der Waals surface area contributed by atoms with E-state index in [0.29, 0.717) is 38.5 Å². The zero-order valence-electron chi connectivity index (χ0n) is 19.7. The lowest BCUT2D eigenvalue weighted by Crippen LogP contribution is -2.50. The normalized spacial score (nSPS) is 16.5. The van der Waals surface area contributed by atoms with Gasteiger partial charge in [0.25, 0.3) is 11.6 Å². The highest BCUT2D eigenvalue weighted by molar-refractivity contribution is 8.13. The van der Waals surface area contributed by atoms with Gasteiger partial charge in [-0.05, 0) is 36.8 Å². The van der Waals surface area contributed by atoms with Gasteiger partial charge in [0.15, 0.2) is 10.9 Å². The highest BCUT2D eigenvalue weighted by Gasteiger charge is 2.36. The van der Waals surface area contributed by atoms with E-state index in [4.69, 9.17) is 14.5 Å². The Labute approximate surface area is 211 Å². The topological polar surface area (TPSA) is 113 Å². The standard InChI is InChI=1S/C26H25N5O4S/c1-2-3-4-7-16-36-26-28-25(32)23-19-8-5-6-9-20(19)27-24(30(23)29-26)22-15-14-21(35-22)17-10-12-18(13-11-17)31(33)34/h5-6,8-15,24H,2-4,7,16H2,1H3,(H,28,29,32). The van der Waals surface area contributed by atoms with E-state index in [1.807, 2.05) is 24.3 Å². The van der Waals surface area contributed by atoms with Gasteiger partial charge in [0.1, 0.15) is 11.5 Å². The number of thioether (sulfide) groups is 1. The first-order chi connectivity index (χ1) is 17.5. The summed E-state index contributed by atoms with van der Waals surface area (Å²) in [5.74, 6) is 1.70. The minimum absolute atomic E-state index is 0.0112. The van der Waals surface area contributed by atoms with E-state index in [1.54, 1.807) is 29.3 Å². The lowest BCUT2D eigenvalue weighted by molar-refractivity contribution is -0.384. The van der Waals surface area contributed by atoms with Crippen molar-refractivity contribution in [3.8, 4) is 11.3 Å². The van der Waals surface area contributed by atoms with E-state index in [9.17, 15) is 14.9 Å². The van der Waals surface area contributed by atoms with Crippen LogP contribution in [0.25, 0.3) is 17.0 Å². The van der Waals surface area contributed by atoms with E-state index in [0.717, 1.165) is 18.6 Å². The van der Waals surface area contributed by atoms with Crippen molar-refractivity contribution in [3.63, 3.8) is 0 Å². The maximum atomic E-state index is 13.2. The molecule has 0 fully saturated rings. The second-order valence-electron chi connectivity index (χ2n) is 8.49. The number of non-ortho nitro benzene ring substituents is 1. The molecule has 184 valence electrons. The molecule has 0 bridgehead atoms. The molecule has 0 radical (unpaired) electrons. The Bertz CT molecular complexity index is 1450. The molecule has 2 aliphatic heterocycles. The number of amidine groups is 1. The number of nitro benzene ring substituents is 1. The van der Waals surface area contributed by atoms with Gasteiger partial charge in [-0.25, -0.2) is 10.0 Å². The third-order valence-corrected chi connectivity index (χ3v) is 6.95. The van der Waals surface area contributed by atoms with E-state index < -0.39 is 11.1 Å². The highest BCUT2D eigenvalue weighted by Crippen LogP contribution is 2.34. The number of hydrogen-bond donors (Lipinski definition) is 1. The van der Waals surface area contributed by atoms with Crippen LogP contribution in [0.4, 0.5) is 5.69 Å². The first-order valence-electron chi connectivity index (χ1n) is 11.9. The smallest absolute Gasteiger partial charge is 0.276 e. The first kappa shape index (κ1) is 23.8. The van der Waals surface area contributed by atoms with Gasteiger partial charge < -0.3 is 4.42 Å². The van der Waals surface area contributed by atoms with Gasteiger partial charge in [-0.15, -0.1) is 5.10 Å². The molecule has 1 unspecified atom stereocenters. The van der Waals surface area contributed by atoms with Gasteiger partial charge in [0.05, 0.1) is 10.3 Å². The van der Waals surface area contributed by atoms with Gasteiger partial charge >= 0.3 is 0 Å². The van der Waals surface area contributed by atoms with Crippen LogP contribution in [-0.2, 0) is 4.79 Å². The first-order valence-corrected chi connectivity index (χ1v) is 12.9. The number of unbranched alkanes of at least 4 members (excludes halogenated alkanes) is 3. The zero-order chi connectivity index (χ0) is 25.1. The Kier molecular flexibility index (Phi) is 6.86. The molecule has 1 aromatic heterocycles. The van der Waals surface area contributed by atoms with Crippen LogP contribution < -0.4 is 15.9 Å². The monoisotopic (exact) mass is 503 g/mol. The lowest BCUT2D eigenvalue weighted by Gasteiger charge is -2.32. The van der Waals surface area contributed by atoms with Gasteiger partial charge in [0.2, 0.25) is 6.17 Å². The molecule has 1 N–H and O–H groups in total. The van der Waals surface area contributed by atoms with E-state index in [2.05, 4.69) is 12.2 Å². The number of nitro groups is 1. The van der Waals surface area contributed by atoms with Crippen molar-refractivity contribution in [2.45, 2.75) is 38.8 Å². The number of para-hydroxylation sites is 1. The predicted octanol–water partition coefficient (Wildman–Crippen LogP) is 4.31. The summed E-state index contributed by atoms with van der Waals surface area (Å²) in [6, 6.07) is 17.2. The summed E-state index contributed by atoms with van der Waals surface area (Å²) in [6.07, 6.45) is 3.90. The Morgan fingerprint density at radius 1 is 1.08 bits per heavy atom. The number of fused-ring (bicyclic) bond motifs is 2. The molecule has 1 atom stereocenters. The molecule has 5 rings (SSSR count). The van der Waals surface area contributed by atoms with E-state index >= 15 is 0 Å². The third-order valence-electron chi connectivity index (χ3n) is 6.00. The Morgan fingerprint density at radius 2 is 1.89 bits per heavy atom. The van der Waals surface area contributed by atoms with Crippen LogP contribution in [0.2, 0.25) is 0 Å². The fourth-order valence-corrected chi connectivity index (χ4v) is 5.02. The lowest BCUT2D eigenvalue weighted by atomic mass is 10.1. The summed E-state index contributed by atoms with van der Waals surface area (Å²) < 4.78 is 6.14. The molecular formula is C26H25N5O4S. The summed E-state index contributed by atoms with van der Waals surface area (Å²) >= 11 is 1.53. The SMILES string of the molecule is CCCCCCSC1=NN2C(=c3ccccc3=NC2c2ccc(-c3ccc([N+](=O)[O-])cc3)o2)C(=O)N1. The van der Waals surface area contributed by atoms with Gasteiger partial charge in [-0.2, -0.15) is 0 Å². The van der Waals surface area contributed by atoms with E-state index in [-0.39, 0.29) is 11.6 Å². The van der Waals surface area contributed by atoms with Crippen LogP contribution in [0, 0.1) is 10.1 Å². The van der Waals surface area contributed by atoms with Crippen molar-refractivity contribution in [2.75, 3.05) is 5.75 Å². The molecule has 2 aromatic carbocycles. The number of carbonyl (C=O) groups excluding carboxylic acids is 1. The Morgan fingerprint density at radius 3 is 2.67 bits per heavy atom. The molecule has 0 spiro atoms. The number of amides is 1. The Hall–Kier alpha value is -3.92. The molecule has 3 heterocycles. The minimum atomic E-state index is -0.663. The molecular weight excluding hydrogens is 478 g/mol. The van der Waals surface area contributed by atoms with Crippen molar-refractivity contribution in [3.05, 3.63) is 87.1 Å². The van der Waals surface area contributed by atoms with Crippen molar-refractivity contribution < 1.29 is 14.1 Å². The van der Waals surface area contributed by atoms with Gasteiger partial charge in [0, 0.05) is 28.7 Å². The summed E-state index contributed by atoms with van der Waals surface area (Å²) in [5, 5.41) is 22.2. The number of nitrogens with one attached hydrogen (secondary N) is 1. The van der Waals surface area contributed by atoms with E-state index in [1.165, 1.54) is 36.7 Å². The van der Waals surface area contributed by atoms with Gasteiger partial charge in [-0.1, -0.05) is 56.1 Å². The fourth-order valence-electron chi connectivity index (χ4n) is 4.17. The molecule has 0 saturated heterocycles. The van der Waals surface area contributed by atoms with Gasteiger partial charge in [-0.3, -0.25) is 20.2 Å². The number of rotatable bonds is 8. The zero-order valence-corrected chi connectivity index (χ0v) is 20.5. The molecule has 2 aliphatic rings. The summed E-state index contributed by atoms with van der Waals surface area (Å²) in [7, 11) is 0. The largest absolute Gasteiger partial charge is 0.457 e. The summed E-state index contributed by atoms with van der Waals surface area (Å²) in [6.45, 7) is 2.18. The molecule has 3 aromatic rings. The third kappa shape index (κ3) is 4.76. The van der Waals surface area contributed by atoms with Crippen molar-refractivity contribution in [1.29, 1.82) is 0 Å². The average molecular weight is 504 g/mol. The minimum Gasteiger partial charge on any atom is -0.457 e. The Balaban J connectivity index is 1.48. The molecule has 10 heteroatoms. The van der Waals surface area contributed by atoms with Crippen LogP contribution >= 0.6 is 11.8 Å². The van der Waals surface area contributed by atoms with Crippen LogP contribution in [0.3, 0.4) is 0 Å². The number of nitrogens with zero attached hydrogens (tertiary/aromatic N) is 4. The molecule has 9 nitrogen and oxygen atoms in total. The molecule has 0 aliphatic carbocycles. The van der Waals surface area contributed by atoms with Crippen molar-refractivity contribution in [1.82, 2.24) is 10.3 Å². The number of furan rings is 1. The quantitative estimate of drug-likeness (QED) is 0.278. The van der Waals surface area contributed by atoms with Crippen LogP contribution in [0.5, 0.6) is 0 Å². The van der Waals surface area contributed by atoms with Crippen LogP contribution in [0.1, 0.15) is 44.5 Å². The maximum Gasteiger partial charge on any atom is 0.276 e. The average Bonchev–Trinajstić information content (AvgIpc) is 3.38. The molecule has 0 saturated carbocycles. The number of carbonyl (C=O) groups is 1. The highest BCUT2D eigenvalue weighted by atomic mass is 32.2.